The van der Waals surface area contributed by atoms with Crippen molar-refractivity contribution >= 4 is 11.9 Å². The summed E-state index contributed by atoms with van der Waals surface area (Å²) in [6, 6.07) is -0.544. The number of unbranched alkanes of at least 4 members (excludes halogenated alkanes) is 54. The van der Waals surface area contributed by atoms with Gasteiger partial charge in [-0.15, -0.1) is 0 Å². The molecule has 3 N–H and O–H groups in total. The molecule has 0 radical (unpaired) electrons. The van der Waals surface area contributed by atoms with Crippen molar-refractivity contribution in [1.82, 2.24) is 5.32 Å². The molecule has 2 atom stereocenters. The van der Waals surface area contributed by atoms with Gasteiger partial charge in [-0.25, -0.2) is 0 Å². The van der Waals surface area contributed by atoms with Gasteiger partial charge in [-0.1, -0.05) is 366 Å². The minimum absolute atomic E-state index is 0.0163. The molecule has 0 aromatic rings. The molecule has 0 fully saturated rings. The summed E-state index contributed by atoms with van der Waals surface area (Å²) in [7, 11) is 0. The van der Waals surface area contributed by atoms with Crippen LogP contribution in [0.4, 0.5) is 0 Å². The standard InChI is InChI=1S/C74H143NO5/c1-3-5-7-9-11-13-15-17-19-21-31-36-40-44-48-52-56-60-64-68-74(79)80-69-65-61-57-53-49-45-41-37-33-30-28-26-24-22-23-25-27-29-32-35-39-43-47-51-55-59-63-67-73(78)75-71(70-76)72(77)66-62-58-54-50-46-42-38-34-20-18-16-14-12-10-8-6-4-2/h22-23,26,28,71-72,76-77H,3-21,24-25,27,29-70H2,1-2H3,(H,75,78)/b23-22-,28-26-. The van der Waals surface area contributed by atoms with Crippen LogP contribution in [0, 0.1) is 0 Å². The molecular weight excluding hydrogens is 983 g/mol. The first-order chi connectivity index (χ1) is 39.5. The zero-order chi connectivity index (χ0) is 57.8. The summed E-state index contributed by atoms with van der Waals surface area (Å²) >= 11 is 0. The molecule has 6 heteroatoms. The van der Waals surface area contributed by atoms with Crippen LogP contribution in [0.5, 0.6) is 0 Å². The fourth-order valence-corrected chi connectivity index (χ4v) is 11.7. The zero-order valence-corrected chi connectivity index (χ0v) is 54.3. The lowest BCUT2D eigenvalue weighted by Gasteiger charge is -2.22. The lowest BCUT2D eigenvalue weighted by atomic mass is 10.0. The van der Waals surface area contributed by atoms with Gasteiger partial charge in [0.2, 0.25) is 5.91 Å². The van der Waals surface area contributed by atoms with Crippen LogP contribution in [0.2, 0.25) is 0 Å². The summed E-state index contributed by atoms with van der Waals surface area (Å²) in [5.74, 6) is -0.0182. The van der Waals surface area contributed by atoms with E-state index in [1.807, 2.05) is 0 Å². The number of carbonyl (C=O) groups excluding carboxylic acids is 2. The summed E-state index contributed by atoms with van der Waals surface area (Å²) in [5.41, 5.74) is 0. The van der Waals surface area contributed by atoms with Gasteiger partial charge in [0.25, 0.3) is 0 Å². The Labute approximate surface area is 501 Å². The second-order valence-electron chi connectivity index (χ2n) is 25.3. The van der Waals surface area contributed by atoms with E-state index in [-0.39, 0.29) is 18.5 Å². The average molecular weight is 1130 g/mol. The molecule has 0 spiro atoms. The highest BCUT2D eigenvalue weighted by atomic mass is 16.5. The van der Waals surface area contributed by atoms with Gasteiger partial charge in [0.05, 0.1) is 25.4 Å². The molecule has 0 heterocycles. The van der Waals surface area contributed by atoms with Crippen molar-refractivity contribution < 1.29 is 24.5 Å². The Balaban J connectivity index is 3.39. The molecule has 0 aromatic heterocycles. The van der Waals surface area contributed by atoms with Crippen LogP contribution >= 0.6 is 0 Å². The topological polar surface area (TPSA) is 95.9 Å². The van der Waals surface area contributed by atoms with Crippen LogP contribution < -0.4 is 5.32 Å². The Morgan fingerprint density at radius 1 is 0.350 bits per heavy atom. The number of aliphatic hydroxyl groups excluding tert-OH is 2. The van der Waals surface area contributed by atoms with E-state index in [1.165, 1.54) is 334 Å². The Morgan fingerprint density at radius 3 is 0.950 bits per heavy atom. The van der Waals surface area contributed by atoms with Crippen LogP contribution in [0.25, 0.3) is 0 Å². The SMILES string of the molecule is CCCCCCCCCCCCCCCCCCCCCC(=O)OCCCCCCCCCCC/C=C\C/C=C\CCCCCCCCCCCCCC(=O)NC(CO)C(O)CCCCCCCCCCCCCCCCCCC. The van der Waals surface area contributed by atoms with Crippen LogP contribution in [-0.4, -0.2) is 47.4 Å². The van der Waals surface area contributed by atoms with Crippen LogP contribution in [0.15, 0.2) is 24.3 Å². The number of nitrogens with one attached hydrogen (secondary N) is 1. The van der Waals surface area contributed by atoms with Crippen molar-refractivity contribution in [2.45, 2.75) is 424 Å². The fraction of sp³-hybridized carbons (Fsp3) is 0.919. The van der Waals surface area contributed by atoms with E-state index in [9.17, 15) is 19.8 Å². The maximum atomic E-state index is 12.5. The van der Waals surface area contributed by atoms with Gasteiger partial charge in [-0.05, 0) is 57.8 Å². The van der Waals surface area contributed by atoms with Crippen molar-refractivity contribution in [3.8, 4) is 0 Å². The molecule has 0 bridgehead atoms. The van der Waals surface area contributed by atoms with Crippen LogP contribution in [-0.2, 0) is 14.3 Å². The summed E-state index contributed by atoms with van der Waals surface area (Å²) in [6.45, 7) is 4.99. The number of ether oxygens (including phenoxy) is 1. The zero-order valence-electron chi connectivity index (χ0n) is 54.3. The number of allylic oxidation sites excluding steroid dienone is 4. The molecule has 0 aliphatic carbocycles. The first-order valence-corrected chi connectivity index (χ1v) is 36.6. The molecule has 0 saturated carbocycles. The van der Waals surface area contributed by atoms with Crippen LogP contribution in [0.3, 0.4) is 0 Å². The number of esters is 1. The summed E-state index contributed by atoms with van der Waals surface area (Å²) in [5, 5.41) is 23.4. The van der Waals surface area contributed by atoms with Gasteiger partial charge in [0, 0.05) is 12.8 Å². The van der Waals surface area contributed by atoms with E-state index < -0.39 is 12.1 Å². The van der Waals surface area contributed by atoms with Gasteiger partial charge in [-0.2, -0.15) is 0 Å². The number of aliphatic hydroxyl groups is 2. The Morgan fingerprint density at radius 2 is 0.625 bits per heavy atom. The monoisotopic (exact) mass is 1130 g/mol. The number of amides is 1. The van der Waals surface area contributed by atoms with E-state index in [1.54, 1.807) is 0 Å². The molecule has 0 rings (SSSR count). The summed E-state index contributed by atoms with van der Waals surface area (Å²) in [6.07, 6.45) is 88.0. The molecular formula is C74H143NO5. The Bertz CT molecular complexity index is 1250. The van der Waals surface area contributed by atoms with E-state index in [0.717, 1.165) is 44.9 Å². The first-order valence-electron chi connectivity index (χ1n) is 36.6. The second kappa shape index (κ2) is 69.8. The summed E-state index contributed by atoms with van der Waals surface area (Å²) < 4.78 is 5.51. The number of carbonyl (C=O) groups is 2. The number of hydrogen-bond donors (Lipinski definition) is 3. The van der Waals surface area contributed by atoms with Crippen molar-refractivity contribution in [2.75, 3.05) is 13.2 Å². The van der Waals surface area contributed by atoms with Crippen molar-refractivity contribution in [1.29, 1.82) is 0 Å². The molecule has 0 saturated heterocycles. The third kappa shape index (κ3) is 65.5. The van der Waals surface area contributed by atoms with E-state index in [0.29, 0.717) is 25.9 Å². The minimum atomic E-state index is -0.667. The largest absolute Gasteiger partial charge is 0.466 e. The van der Waals surface area contributed by atoms with Gasteiger partial charge < -0.3 is 20.3 Å². The molecule has 0 aliphatic heterocycles. The molecule has 6 nitrogen and oxygen atoms in total. The quantitative estimate of drug-likeness (QED) is 0.0320. The van der Waals surface area contributed by atoms with Gasteiger partial charge in [-0.3, -0.25) is 9.59 Å². The Hall–Kier alpha value is -1.66. The van der Waals surface area contributed by atoms with Crippen LogP contribution in [0.1, 0.15) is 412 Å². The predicted molar refractivity (Wildman–Crippen MR) is 352 cm³/mol. The number of hydrogen-bond acceptors (Lipinski definition) is 5. The van der Waals surface area contributed by atoms with Gasteiger partial charge in [0.1, 0.15) is 0 Å². The Kier molecular flexibility index (Phi) is 68.4. The highest BCUT2D eigenvalue weighted by molar-refractivity contribution is 5.76. The lowest BCUT2D eigenvalue weighted by molar-refractivity contribution is -0.143. The molecule has 0 aliphatic rings. The van der Waals surface area contributed by atoms with E-state index in [4.69, 9.17) is 4.74 Å². The minimum Gasteiger partial charge on any atom is -0.466 e. The molecule has 1 amide bonds. The highest BCUT2D eigenvalue weighted by Crippen LogP contribution is 2.19. The molecule has 80 heavy (non-hydrogen) atoms. The first kappa shape index (κ1) is 78.3. The third-order valence-electron chi connectivity index (χ3n) is 17.3. The number of rotatable bonds is 69. The molecule has 0 aromatic carbocycles. The smallest absolute Gasteiger partial charge is 0.305 e. The normalized spacial score (nSPS) is 12.6. The third-order valence-corrected chi connectivity index (χ3v) is 17.3. The van der Waals surface area contributed by atoms with E-state index >= 15 is 0 Å². The average Bonchev–Trinajstić information content (AvgIpc) is 3.46. The lowest BCUT2D eigenvalue weighted by Crippen LogP contribution is -2.45. The van der Waals surface area contributed by atoms with Crippen molar-refractivity contribution in [3.05, 3.63) is 24.3 Å². The maximum Gasteiger partial charge on any atom is 0.305 e. The molecule has 2 unspecified atom stereocenters. The maximum absolute atomic E-state index is 12.5. The van der Waals surface area contributed by atoms with Gasteiger partial charge >= 0.3 is 5.97 Å². The molecule has 474 valence electrons. The van der Waals surface area contributed by atoms with Gasteiger partial charge in [0.15, 0.2) is 0 Å². The van der Waals surface area contributed by atoms with Crippen molar-refractivity contribution in [2.24, 2.45) is 0 Å². The van der Waals surface area contributed by atoms with Crippen molar-refractivity contribution in [3.63, 3.8) is 0 Å². The predicted octanol–water partition coefficient (Wildman–Crippen LogP) is 23.7. The second-order valence-corrected chi connectivity index (χ2v) is 25.3. The van der Waals surface area contributed by atoms with E-state index in [2.05, 4.69) is 43.5 Å². The fourth-order valence-electron chi connectivity index (χ4n) is 11.7. The highest BCUT2D eigenvalue weighted by Gasteiger charge is 2.20. The summed E-state index contributed by atoms with van der Waals surface area (Å²) in [4.78, 5) is 24.6.